The molecule has 33 heavy (non-hydrogen) atoms. The lowest BCUT2D eigenvalue weighted by atomic mass is 10.1. The molecule has 0 radical (unpaired) electrons. The number of urea groups is 1. The zero-order chi connectivity index (χ0) is 23.8. The predicted molar refractivity (Wildman–Crippen MR) is 124 cm³/mol. The highest BCUT2D eigenvalue weighted by molar-refractivity contribution is 5.74. The molecule has 0 bridgehead atoms. The fourth-order valence-corrected chi connectivity index (χ4v) is 3.75. The number of carbonyl (C=O) groups excluding carboxylic acids is 1. The van der Waals surface area contributed by atoms with Gasteiger partial charge in [-0.1, -0.05) is 38.1 Å². The molecule has 178 valence electrons. The van der Waals surface area contributed by atoms with E-state index in [1.54, 1.807) is 17.0 Å². The second kappa shape index (κ2) is 11.5. The normalized spacial score (nSPS) is 15.5. The SMILES string of the molecule is CC(C)COc1ccc(CNC(=O)N(Cc2ccc(F)cc2)C[C@@H]2CCN(C(=O)O)C2)cc1. The number of ether oxygens (including phenoxy) is 1. The Kier molecular flexibility index (Phi) is 8.52. The number of nitrogens with one attached hydrogen (secondary N) is 1. The van der Waals surface area contributed by atoms with Crippen LogP contribution >= 0.6 is 0 Å². The molecule has 0 aromatic heterocycles. The zero-order valence-electron chi connectivity index (χ0n) is 19.2. The first kappa shape index (κ1) is 24.4. The molecule has 1 aliphatic rings. The third kappa shape index (κ3) is 7.66. The lowest BCUT2D eigenvalue weighted by Crippen LogP contribution is -2.42. The maximum atomic E-state index is 13.3. The molecule has 1 atom stereocenters. The minimum atomic E-state index is -0.937. The third-order valence-electron chi connectivity index (χ3n) is 5.56. The number of amides is 3. The number of likely N-dealkylation sites (tertiary alicyclic amines) is 1. The van der Waals surface area contributed by atoms with Crippen LogP contribution in [0.2, 0.25) is 0 Å². The first-order valence-corrected chi connectivity index (χ1v) is 11.3. The first-order valence-electron chi connectivity index (χ1n) is 11.3. The molecule has 8 heteroatoms. The summed E-state index contributed by atoms with van der Waals surface area (Å²) in [6.07, 6.45) is -0.231. The molecule has 1 saturated heterocycles. The molecule has 0 spiro atoms. The Balaban J connectivity index is 1.60. The average molecular weight is 458 g/mol. The maximum Gasteiger partial charge on any atom is 0.407 e. The number of rotatable bonds is 9. The Morgan fingerprint density at radius 1 is 1.15 bits per heavy atom. The second-order valence-electron chi connectivity index (χ2n) is 8.90. The standard InChI is InChI=1S/C25H32FN3O4/c1-18(2)17-33-23-9-5-19(6-10-23)13-27-24(30)29(14-20-3-7-22(26)8-4-20)16-21-11-12-28(15-21)25(31)32/h3-10,18,21H,11-17H2,1-2H3,(H,27,30)(H,31,32)/t21-/m1/s1. The van der Waals surface area contributed by atoms with E-state index in [1.807, 2.05) is 24.3 Å². The van der Waals surface area contributed by atoms with Crippen molar-refractivity contribution in [1.29, 1.82) is 0 Å². The van der Waals surface area contributed by atoms with Crippen molar-refractivity contribution < 1.29 is 23.8 Å². The molecule has 1 fully saturated rings. The molecule has 3 amide bonds. The summed E-state index contributed by atoms with van der Waals surface area (Å²) in [6.45, 7) is 6.80. The van der Waals surface area contributed by atoms with Gasteiger partial charge in [0.25, 0.3) is 0 Å². The number of halogens is 1. The molecular formula is C25H32FN3O4. The quantitative estimate of drug-likeness (QED) is 0.578. The predicted octanol–water partition coefficient (Wildman–Crippen LogP) is 4.57. The first-order chi connectivity index (χ1) is 15.8. The average Bonchev–Trinajstić information content (AvgIpc) is 3.27. The third-order valence-corrected chi connectivity index (χ3v) is 5.56. The Morgan fingerprint density at radius 2 is 1.82 bits per heavy atom. The van der Waals surface area contributed by atoms with Crippen LogP contribution in [0.25, 0.3) is 0 Å². The fourth-order valence-electron chi connectivity index (χ4n) is 3.75. The Morgan fingerprint density at radius 3 is 2.42 bits per heavy atom. The van der Waals surface area contributed by atoms with Crippen LogP contribution in [0.1, 0.15) is 31.4 Å². The number of carbonyl (C=O) groups is 2. The van der Waals surface area contributed by atoms with Crippen LogP contribution in [0.4, 0.5) is 14.0 Å². The number of benzene rings is 2. The van der Waals surface area contributed by atoms with E-state index in [0.717, 1.165) is 16.9 Å². The summed E-state index contributed by atoms with van der Waals surface area (Å²) in [5, 5.41) is 12.2. The van der Waals surface area contributed by atoms with Crippen molar-refractivity contribution in [2.45, 2.75) is 33.4 Å². The van der Waals surface area contributed by atoms with E-state index < -0.39 is 6.09 Å². The van der Waals surface area contributed by atoms with Crippen LogP contribution in [-0.2, 0) is 13.1 Å². The summed E-state index contributed by atoms with van der Waals surface area (Å²) in [6, 6.07) is 13.4. The van der Waals surface area contributed by atoms with Crippen LogP contribution < -0.4 is 10.1 Å². The second-order valence-corrected chi connectivity index (χ2v) is 8.90. The van der Waals surface area contributed by atoms with Gasteiger partial charge in [0, 0.05) is 32.7 Å². The number of nitrogens with zero attached hydrogens (tertiary/aromatic N) is 2. The van der Waals surface area contributed by atoms with Crippen molar-refractivity contribution >= 4 is 12.1 Å². The highest BCUT2D eigenvalue weighted by Gasteiger charge is 2.29. The maximum absolute atomic E-state index is 13.3. The van der Waals surface area contributed by atoms with Crippen LogP contribution in [0, 0.1) is 17.7 Å². The highest BCUT2D eigenvalue weighted by atomic mass is 19.1. The summed E-state index contributed by atoms with van der Waals surface area (Å²) in [5.41, 5.74) is 1.76. The number of hydrogen-bond acceptors (Lipinski definition) is 3. The van der Waals surface area contributed by atoms with Crippen molar-refractivity contribution in [2.75, 3.05) is 26.2 Å². The molecule has 1 heterocycles. The van der Waals surface area contributed by atoms with Gasteiger partial charge >= 0.3 is 12.1 Å². The van der Waals surface area contributed by atoms with Gasteiger partial charge in [0.2, 0.25) is 0 Å². The Bertz CT molecular complexity index is 918. The van der Waals surface area contributed by atoms with Crippen LogP contribution in [0.3, 0.4) is 0 Å². The molecule has 0 unspecified atom stereocenters. The van der Waals surface area contributed by atoms with Crippen molar-refractivity contribution in [3.8, 4) is 5.75 Å². The lowest BCUT2D eigenvalue weighted by Gasteiger charge is -2.26. The van der Waals surface area contributed by atoms with E-state index >= 15 is 0 Å². The Labute approximate surface area is 194 Å². The van der Waals surface area contributed by atoms with Gasteiger partial charge in [0.15, 0.2) is 0 Å². The van der Waals surface area contributed by atoms with Gasteiger partial charge in [-0.2, -0.15) is 0 Å². The van der Waals surface area contributed by atoms with Crippen LogP contribution in [0.5, 0.6) is 5.75 Å². The molecule has 0 aliphatic carbocycles. The minimum absolute atomic E-state index is 0.0599. The summed E-state index contributed by atoms with van der Waals surface area (Å²) in [5.74, 6) is 0.965. The molecule has 0 saturated carbocycles. The van der Waals surface area contributed by atoms with Gasteiger partial charge < -0.3 is 25.0 Å². The summed E-state index contributed by atoms with van der Waals surface area (Å²) < 4.78 is 19.0. The van der Waals surface area contributed by atoms with Crippen molar-refractivity contribution in [1.82, 2.24) is 15.1 Å². The molecule has 7 nitrogen and oxygen atoms in total. The highest BCUT2D eigenvalue weighted by Crippen LogP contribution is 2.19. The van der Waals surface area contributed by atoms with E-state index in [-0.39, 0.29) is 17.8 Å². The minimum Gasteiger partial charge on any atom is -0.493 e. The van der Waals surface area contributed by atoms with Crippen LogP contribution in [-0.4, -0.2) is 53.3 Å². The van der Waals surface area contributed by atoms with E-state index in [2.05, 4.69) is 19.2 Å². The molecule has 1 aliphatic heterocycles. The van der Waals surface area contributed by atoms with Crippen molar-refractivity contribution in [2.24, 2.45) is 11.8 Å². The molecule has 2 aromatic rings. The summed E-state index contributed by atoms with van der Waals surface area (Å²) >= 11 is 0. The van der Waals surface area contributed by atoms with Gasteiger partial charge in [-0.3, -0.25) is 0 Å². The number of carboxylic acid groups (broad SMARTS) is 1. The van der Waals surface area contributed by atoms with Crippen LogP contribution in [0.15, 0.2) is 48.5 Å². The monoisotopic (exact) mass is 457 g/mol. The van der Waals surface area contributed by atoms with E-state index in [9.17, 15) is 19.1 Å². The van der Waals surface area contributed by atoms with E-state index in [1.165, 1.54) is 17.0 Å². The van der Waals surface area contributed by atoms with Gasteiger partial charge in [-0.25, -0.2) is 14.0 Å². The smallest absolute Gasteiger partial charge is 0.407 e. The number of hydrogen-bond donors (Lipinski definition) is 2. The van der Waals surface area contributed by atoms with E-state index in [0.29, 0.717) is 51.7 Å². The topological polar surface area (TPSA) is 82.1 Å². The van der Waals surface area contributed by atoms with Gasteiger partial charge in [0.05, 0.1) is 6.61 Å². The van der Waals surface area contributed by atoms with Gasteiger partial charge in [-0.05, 0) is 53.6 Å². The van der Waals surface area contributed by atoms with Crippen molar-refractivity contribution in [3.63, 3.8) is 0 Å². The fraction of sp³-hybridized carbons (Fsp3) is 0.440. The summed E-state index contributed by atoms with van der Waals surface area (Å²) in [7, 11) is 0. The zero-order valence-corrected chi connectivity index (χ0v) is 19.2. The lowest BCUT2D eigenvalue weighted by molar-refractivity contribution is 0.151. The van der Waals surface area contributed by atoms with Crippen molar-refractivity contribution in [3.05, 3.63) is 65.5 Å². The van der Waals surface area contributed by atoms with Gasteiger partial charge in [0.1, 0.15) is 11.6 Å². The molecule has 3 rings (SSSR count). The Hall–Kier alpha value is -3.29. The van der Waals surface area contributed by atoms with Gasteiger partial charge in [-0.15, -0.1) is 0 Å². The summed E-state index contributed by atoms with van der Waals surface area (Å²) in [4.78, 5) is 27.3. The van der Waals surface area contributed by atoms with E-state index in [4.69, 9.17) is 4.74 Å². The largest absolute Gasteiger partial charge is 0.493 e. The molecule has 2 N–H and O–H groups in total. The molecule has 2 aromatic carbocycles. The molecular weight excluding hydrogens is 425 g/mol.